The molecule has 0 radical (unpaired) electrons. The lowest BCUT2D eigenvalue weighted by molar-refractivity contribution is -0.185. The van der Waals surface area contributed by atoms with Crippen molar-refractivity contribution in [3.8, 4) is 5.75 Å². The predicted molar refractivity (Wildman–Crippen MR) is 226 cm³/mol. The molecule has 3 aromatic rings. The maximum Gasteiger partial charge on any atom is 0.303 e. The summed E-state index contributed by atoms with van der Waals surface area (Å²) >= 11 is 0. The number of likely N-dealkylation sites (N-methyl/N-ethyl adjacent to an activating group) is 1. The van der Waals surface area contributed by atoms with Crippen LogP contribution in [0.2, 0.25) is 0 Å². The number of carbonyl (C=O) groups excluding carboxylic acids is 3. The van der Waals surface area contributed by atoms with Crippen LogP contribution < -0.4 is 4.74 Å². The molecule has 0 N–H and O–H groups in total. The Kier molecular flexibility index (Phi) is 12.4. The van der Waals surface area contributed by atoms with E-state index in [0.717, 1.165) is 44.4 Å². The predicted octanol–water partition coefficient (Wildman–Crippen LogP) is 10.6. The van der Waals surface area contributed by atoms with Crippen molar-refractivity contribution >= 4 is 28.7 Å². The molecule has 0 bridgehead atoms. The molecular weight excluding hydrogens is 695 g/mol. The highest BCUT2D eigenvalue weighted by molar-refractivity contribution is 5.98. The molecule has 0 saturated heterocycles. The normalized spacial score (nSPS) is 28.3. The minimum atomic E-state index is -0.990. The van der Waals surface area contributed by atoms with Gasteiger partial charge in [0, 0.05) is 25.3 Å². The number of hydrogen-bond acceptors (Lipinski definition) is 6. The van der Waals surface area contributed by atoms with E-state index >= 15 is 0 Å². The summed E-state index contributed by atoms with van der Waals surface area (Å²) in [6.45, 7) is 13.5. The summed E-state index contributed by atoms with van der Waals surface area (Å²) in [6, 6.07) is 29.8. The summed E-state index contributed by atoms with van der Waals surface area (Å²) in [5, 5.41) is 0. The fraction of sp³-hybridized carbons (Fsp3) is 0.460. The van der Waals surface area contributed by atoms with Gasteiger partial charge in [0.1, 0.15) is 12.4 Å². The molecule has 0 aliphatic heterocycles. The molecule has 4 aliphatic rings. The molecule has 0 amide bonds. The van der Waals surface area contributed by atoms with Crippen molar-refractivity contribution < 1.29 is 23.9 Å². The van der Waals surface area contributed by atoms with E-state index < -0.39 is 5.60 Å². The fourth-order valence-corrected chi connectivity index (χ4v) is 10.8. The number of rotatable bonds is 10. The minimum Gasteiger partial charge on any atom is -0.492 e. The van der Waals surface area contributed by atoms with Gasteiger partial charge in [-0.1, -0.05) is 105 Å². The van der Waals surface area contributed by atoms with E-state index in [2.05, 4.69) is 138 Å². The number of fused-ring (bicyclic) bond motifs is 5. The molecule has 2 saturated carbocycles. The Labute approximate surface area is 335 Å². The summed E-state index contributed by atoms with van der Waals surface area (Å²) in [5.41, 5.74) is 7.52. The molecule has 56 heavy (non-hydrogen) atoms. The van der Waals surface area contributed by atoms with E-state index in [0.29, 0.717) is 37.2 Å². The third-order valence-electron chi connectivity index (χ3n) is 13.6. The number of allylic oxidation sites excluding steroid dienone is 5. The third kappa shape index (κ3) is 7.87. The van der Waals surface area contributed by atoms with E-state index in [1.807, 2.05) is 6.08 Å². The number of Topliss-reactive ketones (excluding diaryl/α,β-unsaturated/α-hetero) is 1. The monoisotopic (exact) mass is 755 g/mol. The summed E-state index contributed by atoms with van der Waals surface area (Å²) in [7, 11) is 4.11. The van der Waals surface area contributed by atoms with Crippen molar-refractivity contribution in [2.24, 2.45) is 28.6 Å². The van der Waals surface area contributed by atoms with Crippen molar-refractivity contribution in [2.45, 2.75) is 92.1 Å². The second-order valence-corrected chi connectivity index (χ2v) is 17.2. The van der Waals surface area contributed by atoms with Crippen LogP contribution in [-0.2, 0) is 19.1 Å². The van der Waals surface area contributed by atoms with Gasteiger partial charge in [-0.2, -0.15) is 0 Å². The molecule has 296 valence electrons. The van der Waals surface area contributed by atoms with Crippen molar-refractivity contribution in [3.05, 3.63) is 125 Å². The van der Waals surface area contributed by atoms with E-state index in [1.54, 1.807) is 6.92 Å². The average Bonchev–Trinajstić information content (AvgIpc) is 3.48. The van der Waals surface area contributed by atoms with Gasteiger partial charge in [-0.05, 0) is 141 Å². The van der Waals surface area contributed by atoms with Crippen LogP contribution in [0.1, 0.15) is 103 Å². The topological polar surface area (TPSA) is 72.9 Å². The molecule has 7 rings (SSSR count). The van der Waals surface area contributed by atoms with Gasteiger partial charge in [-0.15, -0.1) is 0 Å². The van der Waals surface area contributed by atoms with Crippen LogP contribution in [0.3, 0.4) is 0 Å². The average molecular weight is 756 g/mol. The second kappa shape index (κ2) is 16.9. The lowest BCUT2D eigenvalue weighted by Gasteiger charge is -2.58. The quantitative estimate of drug-likeness (QED) is 0.152. The standard InChI is InChI=1S/C26H29NO.C24H32O4/c1-4-25(21-11-7-5-8-12-21)26(22-13-9-6-10-14-22)23-15-17-24(18-16-23)28-20-19-27(2)3;1-14-12-18-19(22(4)9-6-17(27)13-21(14)22)7-10-23(5)20(18)8-11-24(23,15(2)25)28-16(3)26/h5-18H,4,19-20H2,1-3H3;12-13,18-20H,6-11H2,1-5H3/b26-25-;/t;18-,19+,20+,22-,23+,24+/m.1/s1. The van der Waals surface area contributed by atoms with E-state index in [-0.39, 0.29) is 28.4 Å². The number of nitrogens with zero attached hydrogens (tertiary/aromatic N) is 1. The van der Waals surface area contributed by atoms with Gasteiger partial charge in [0.05, 0.1) is 0 Å². The van der Waals surface area contributed by atoms with Crippen LogP contribution in [0.5, 0.6) is 5.75 Å². The third-order valence-corrected chi connectivity index (χ3v) is 13.6. The highest BCUT2D eigenvalue weighted by Crippen LogP contribution is 2.67. The van der Waals surface area contributed by atoms with Crippen molar-refractivity contribution in [3.63, 3.8) is 0 Å². The molecule has 6 atom stereocenters. The van der Waals surface area contributed by atoms with Crippen LogP contribution in [0.15, 0.2) is 108 Å². The zero-order chi connectivity index (χ0) is 40.3. The van der Waals surface area contributed by atoms with E-state index in [1.165, 1.54) is 45.9 Å². The molecule has 6 nitrogen and oxygen atoms in total. The molecule has 0 spiro atoms. The van der Waals surface area contributed by atoms with Gasteiger partial charge in [0.25, 0.3) is 0 Å². The molecular formula is C50H61NO5. The van der Waals surface area contributed by atoms with Crippen molar-refractivity contribution in [1.29, 1.82) is 0 Å². The Bertz CT molecular complexity index is 1990. The molecule has 2 fully saturated rings. The highest BCUT2D eigenvalue weighted by atomic mass is 16.6. The number of benzene rings is 3. The van der Waals surface area contributed by atoms with E-state index in [9.17, 15) is 14.4 Å². The Morgan fingerprint density at radius 3 is 2.00 bits per heavy atom. The number of ketones is 2. The van der Waals surface area contributed by atoms with Gasteiger partial charge in [-0.3, -0.25) is 14.4 Å². The van der Waals surface area contributed by atoms with Gasteiger partial charge in [-0.25, -0.2) is 0 Å². The van der Waals surface area contributed by atoms with Crippen molar-refractivity contribution in [2.75, 3.05) is 27.2 Å². The summed E-state index contributed by atoms with van der Waals surface area (Å²) in [5.74, 6) is 1.94. The van der Waals surface area contributed by atoms with E-state index in [4.69, 9.17) is 9.47 Å². The molecule has 0 heterocycles. The SMILES string of the molecule is CC(=O)O[C@]1(C(C)=O)CC[C@H]2[C@@H]3C=C(C)C4=CC(=O)CC[C@]4(C)[C@H]3CC[C@@]21C.CC/C(=C(\c1ccccc1)c1ccc(OCCN(C)C)cc1)c1ccccc1. The first kappa shape index (κ1) is 41.1. The summed E-state index contributed by atoms with van der Waals surface area (Å²) in [6.07, 6.45) is 10.2. The molecule has 4 aliphatic carbocycles. The maximum absolute atomic E-state index is 12.8. The van der Waals surface area contributed by atoms with Gasteiger partial charge < -0.3 is 14.4 Å². The van der Waals surface area contributed by atoms with Gasteiger partial charge in [0.15, 0.2) is 17.2 Å². The Balaban J connectivity index is 0.000000190. The highest BCUT2D eigenvalue weighted by Gasteiger charge is 2.67. The van der Waals surface area contributed by atoms with Gasteiger partial charge in [0.2, 0.25) is 0 Å². The Morgan fingerprint density at radius 2 is 1.41 bits per heavy atom. The van der Waals surface area contributed by atoms with Gasteiger partial charge >= 0.3 is 5.97 Å². The lowest BCUT2D eigenvalue weighted by Crippen LogP contribution is -2.58. The number of carbonyl (C=O) groups is 3. The molecule has 3 aromatic carbocycles. The first-order chi connectivity index (χ1) is 26.7. The van der Waals surface area contributed by atoms with Crippen molar-refractivity contribution in [1.82, 2.24) is 4.90 Å². The smallest absolute Gasteiger partial charge is 0.303 e. The van der Waals surface area contributed by atoms with Crippen LogP contribution >= 0.6 is 0 Å². The van der Waals surface area contributed by atoms with Crippen LogP contribution in [0, 0.1) is 28.6 Å². The fourth-order valence-electron chi connectivity index (χ4n) is 10.8. The Hall–Kier alpha value is -4.55. The molecule has 0 aromatic heterocycles. The van der Waals surface area contributed by atoms with Crippen LogP contribution in [0.4, 0.5) is 0 Å². The maximum atomic E-state index is 12.8. The number of hydrogen-bond donors (Lipinski definition) is 0. The lowest BCUT2D eigenvalue weighted by atomic mass is 9.47. The second-order valence-electron chi connectivity index (χ2n) is 17.2. The number of ether oxygens (including phenoxy) is 2. The largest absolute Gasteiger partial charge is 0.492 e. The summed E-state index contributed by atoms with van der Waals surface area (Å²) < 4.78 is 11.7. The zero-order valence-corrected chi connectivity index (χ0v) is 34.8. The first-order valence-corrected chi connectivity index (χ1v) is 20.6. The minimum absolute atomic E-state index is 0.0160. The van der Waals surface area contributed by atoms with Crippen LogP contribution in [-0.4, -0.2) is 55.3 Å². The summed E-state index contributed by atoms with van der Waals surface area (Å²) in [4.78, 5) is 38.9. The van der Waals surface area contributed by atoms with Crippen LogP contribution in [0.25, 0.3) is 11.1 Å². The number of esters is 1. The molecule has 6 heteroatoms. The molecule has 0 unspecified atom stereocenters. The zero-order valence-electron chi connectivity index (χ0n) is 34.8. The first-order valence-electron chi connectivity index (χ1n) is 20.6. The Morgan fingerprint density at radius 1 is 0.804 bits per heavy atom.